The molecular formula is C17H18ClFN2O4. The van der Waals surface area contributed by atoms with Gasteiger partial charge in [-0.3, -0.25) is 9.59 Å². The predicted molar refractivity (Wildman–Crippen MR) is 90.3 cm³/mol. The number of benzene rings is 1. The number of ether oxygens (including phenoxy) is 1. The molecule has 6 nitrogen and oxygen atoms in total. The molecule has 1 aliphatic rings. The maximum atomic E-state index is 13.3. The Labute approximate surface area is 148 Å². The zero-order valence-corrected chi connectivity index (χ0v) is 14.1. The molecule has 1 atom stereocenters. The number of fused-ring (bicyclic) bond motifs is 1. The fourth-order valence-electron chi connectivity index (χ4n) is 3.15. The fourth-order valence-corrected chi connectivity index (χ4v) is 3.44. The van der Waals surface area contributed by atoms with Crippen LogP contribution in [0.25, 0.3) is 10.9 Å². The minimum Gasteiger partial charge on any atom is -0.481 e. The quantitative estimate of drug-likeness (QED) is 0.756. The van der Waals surface area contributed by atoms with Gasteiger partial charge in [-0.25, -0.2) is 4.39 Å². The van der Waals surface area contributed by atoms with E-state index in [0.29, 0.717) is 37.0 Å². The smallest absolute Gasteiger partial charge is 0.308 e. The Balaban J connectivity index is 1.73. The molecule has 1 amide bonds. The first-order chi connectivity index (χ1) is 12.0. The highest BCUT2D eigenvalue weighted by molar-refractivity contribution is 6.38. The molecule has 8 heteroatoms. The second kappa shape index (κ2) is 7.41. The molecule has 1 aromatic heterocycles. The van der Waals surface area contributed by atoms with Crippen LogP contribution in [0.4, 0.5) is 4.39 Å². The van der Waals surface area contributed by atoms with Gasteiger partial charge >= 0.3 is 5.97 Å². The number of carboxylic acid groups (broad SMARTS) is 1. The first-order valence-electron chi connectivity index (χ1n) is 8.03. The molecule has 2 aromatic rings. The molecule has 2 heterocycles. The lowest BCUT2D eigenvalue weighted by Gasteiger charge is -2.27. The number of nitrogens with one attached hydrogen (secondary N) is 2. The van der Waals surface area contributed by atoms with Gasteiger partial charge in [-0.15, -0.1) is 0 Å². The summed E-state index contributed by atoms with van der Waals surface area (Å²) < 4.78 is 18.6. The van der Waals surface area contributed by atoms with Crippen molar-refractivity contribution in [3.05, 3.63) is 34.7 Å². The number of aromatic amines is 1. The van der Waals surface area contributed by atoms with E-state index < -0.39 is 23.6 Å². The zero-order chi connectivity index (χ0) is 18.0. The van der Waals surface area contributed by atoms with Gasteiger partial charge in [0.2, 0.25) is 0 Å². The number of hydrogen-bond donors (Lipinski definition) is 3. The predicted octanol–water partition coefficient (Wildman–Crippen LogP) is 2.82. The molecule has 0 spiro atoms. The Kier molecular flexibility index (Phi) is 5.24. The van der Waals surface area contributed by atoms with Crippen molar-refractivity contribution in [1.82, 2.24) is 10.3 Å². The van der Waals surface area contributed by atoms with Gasteiger partial charge in [0, 0.05) is 30.7 Å². The monoisotopic (exact) mass is 368 g/mol. The molecule has 0 aliphatic carbocycles. The second-order valence-electron chi connectivity index (χ2n) is 6.11. The third-order valence-electron chi connectivity index (χ3n) is 4.56. The fraction of sp³-hybridized carbons (Fsp3) is 0.412. The minimum absolute atomic E-state index is 0.00110. The van der Waals surface area contributed by atoms with Crippen molar-refractivity contribution < 1.29 is 23.8 Å². The van der Waals surface area contributed by atoms with Crippen LogP contribution in [0.15, 0.2) is 18.2 Å². The summed E-state index contributed by atoms with van der Waals surface area (Å²) in [6.07, 6.45) is 1.30. The van der Waals surface area contributed by atoms with Crippen molar-refractivity contribution in [3.63, 3.8) is 0 Å². The molecule has 0 radical (unpaired) electrons. The number of aliphatic carboxylic acids is 1. The number of carboxylic acids is 1. The van der Waals surface area contributed by atoms with Crippen LogP contribution in [0.5, 0.6) is 0 Å². The number of carbonyl (C=O) groups is 2. The van der Waals surface area contributed by atoms with Gasteiger partial charge in [0.1, 0.15) is 11.5 Å². The summed E-state index contributed by atoms with van der Waals surface area (Å²) in [7, 11) is 0. The van der Waals surface area contributed by atoms with Crippen molar-refractivity contribution >= 4 is 34.4 Å². The van der Waals surface area contributed by atoms with E-state index in [1.807, 2.05) is 0 Å². The maximum absolute atomic E-state index is 13.3. The van der Waals surface area contributed by atoms with Crippen LogP contribution in [0.2, 0.25) is 5.02 Å². The molecule has 1 aliphatic heterocycles. The summed E-state index contributed by atoms with van der Waals surface area (Å²) in [5.41, 5.74) is 0.633. The van der Waals surface area contributed by atoms with Crippen LogP contribution in [0.1, 0.15) is 23.3 Å². The van der Waals surface area contributed by atoms with Crippen molar-refractivity contribution in [1.29, 1.82) is 0 Å². The molecule has 1 aromatic carbocycles. The van der Waals surface area contributed by atoms with Gasteiger partial charge in [-0.05, 0) is 37.0 Å². The summed E-state index contributed by atoms with van der Waals surface area (Å²) in [5, 5.41) is 12.6. The van der Waals surface area contributed by atoms with Crippen molar-refractivity contribution in [3.8, 4) is 0 Å². The topological polar surface area (TPSA) is 91.4 Å². The Morgan fingerprint density at radius 1 is 1.40 bits per heavy atom. The lowest BCUT2D eigenvalue weighted by Crippen LogP contribution is -2.39. The van der Waals surface area contributed by atoms with Gasteiger partial charge in [-0.1, -0.05) is 11.6 Å². The van der Waals surface area contributed by atoms with Crippen LogP contribution < -0.4 is 5.32 Å². The van der Waals surface area contributed by atoms with Gasteiger partial charge < -0.3 is 20.1 Å². The standard InChI is InChI=1S/C17H18ClFN2O4/c18-14-11-7-10(19)1-2-13(11)21-15(14)16(22)20-8-12(17(23)24)9-3-5-25-6-4-9/h1-2,7,9,12,21H,3-6,8H2,(H,20,22)(H,23,24). The highest BCUT2D eigenvalue weighted by Crippen LogP contribution is 2.28. The van der Waals surface area contributed by atoms with E-state index in [1.54, 1.807) is 0 Å². The number of H-pyrrole nitrogens is 1. The Bertz CT molecular complexity index is 801. The van der Waals surface area contributed by atoms with E-state index in [4.69, 9.17) is 16.3 Å². The van der Waals surface area contributed by atoms with Gasteiger partial charge in [0.25, 0.3) is 5.91 Å². The van der Waals surface area contributed by atoms with Crippen molar-refractivity contribution in [2.24, 2.45) is 11.8 Å². The molecule has 134 valence electrons. The number of rotatable bonds is 5. The Hall–Kier alpha value is -2.12. The lowest BCUT2D eigenvalue weighted by atomic mass is 9.86. The maximum Gasteiger partial charge on any atom is 0.308 e. The van der Waals surface area contributed by atoms with Crippen LogP contribution in [-0.2, 0) is 9.53 Å². The average molecular weight is 369 g/mol. The number of carbonyl (C=O) groups excluding carboxylic acids is 1. The number of hydrogen-bond acceptors (Lipinski definition) is 3. The highest BCUT2D eigenvalue weighted by Gasteiger charge is 2.30. The molecule has 25 heavy (non-hydrogen) atoms. The number of aromatic nitrogens is 1. The van der Waals surface area contributed by atoms with E-state index in [2.05, 4.69) is 10.3 Å². The summed E-state index contributed by atoms with van der Waals surface area (Å²) in [5.74, 6) is -2.64. The SMILES string of the molecule is O=C(NCC(C(=O)O)C1CCOCC1)c1[nH]c2ccc(F)cc2c1Cl. The van der Waals surface area contributed by atoms with Gasteiger partial charge in [-0.2, -0.15) is 0 Å². The second-order valence-corrected chi connectivity index (χ2v) is 6.49. The molecular weight excluding hydrogens is 351 g/mol. The molecule has 1 unspecified atom stereocenters. The van der Waals surface area contributed by atoms with Crippen LogP contribution in [0.3, 0.4) is 0 Å². The molecule has 0 saturated carbocycles. The Morgan fingerprint density at radius 3 is 2.80 bits per heavy atom. The molecule has 1 fully saturated rings. The van der Waals surface area contributed by atoms with Crippen LogP contribution >= 0.6 is 11.6 Å². The lowest BCUT2D eigenvalue weighted by molar-refractivity contribution is -0.144. The van der Waals surface area contributed by atoms with E-state index in [1.165, 1.54) is 18.2 Å². The van der Waals surface area contributed by atoms with E-state index in [9.17, 15) is 19.1 Å². The average Bonchev–Trinajstić information content (AvgIpc) is 2.92. The third kappa shape index (κ3) is 3.77. The Morgan fingerprint density at radius 2 is 2.12 bits per heavy atom. The summed E-state index contributed by atoms with van der Waals surface area (Å²) in [6.45, 7) is 1.06. The normalized spacial score (nSPS) is 16.7. The first kappa shape index (κ1) is 17.7. The summed E-state index contributed by atoms with van der Waals surface area (Å²) in [4.78, 5) is 26.8. The van der Waals surface area contributed by atoms with E-state index in [-0.39, 0.29) is 23.2 Å². The van der Waals surface area contributed by atoms with Gasteiger partial charge in [0.05, 0.1) is 10.9 Å². The minimum atomic E-state index is -0.947. The first-order valence-corrected chi connectivity index (χ1v) is 8.40. The largest absolute Gasteiger partial charge is 0.481 e. The van der Waals surface area contributed by atoms with Gasteiger partial charge in [0.15, 0.2) is 0 Å². The van der Waals surface area contributed by atoms with Crippen molar-refractivity contribution in [2.75, 3.05) is 19.8 Å². The zero-order valence-electron chi connectivity index (χ0n) is 13.4. The van der Waals surface area contributed by atoms with E-state index >= 15 is 0 Å². The number of halogens is 2. The van der Waals surface area contributed by atoms with E-state index in [0.717, 1.165) is 0 Å². The summed E-state index contributed by atoms with van der Waals surface area (Å²) in [6, 6.07) is 4.00. The summed E-state index contributed by atoms with van der Waals surface area (Å²) >= 11 is 6.16. The van der Waals surface area contributed by atoms with Crippen LogP contribution in [-0.4, -0.2) is 41.7 Å². The molecule has 3 rings (SSSR count). The molecule has 3 N–H and O–H groups in total. The highest BCUT2D eigenvalue weighted by atomic mass is 35.5. The van der Waals surface area contributed by atoms with Crippen LogP contribution in [0, 0.1) is 17.7 Å². The molecule has 0 bridgehead atoms. The third-order valence-corrected chi connectivity index (χ3v) is 4.95. The number of amides is 1. The van der Waals surface area contributed by atoms with Crippen molar-refractivity contribution in [2.45, 2.75) is 12.8 Å². The molecule has 1 saturated heterocycles.